The minimum atomic E-state index is -0.437. The highest BCUT2D eigenvalue weighted by molar-refractivity contribution is 6.50. The van der Waals surface area contributed by atoms with Crippen LogP contribution in [0.2, 0.25) is 0 Å². The van der Waals surface area contributed by atoms with Crippen LogP contribution in [0.1, 0.15) is 18.1 Å². The highest BCUT2D eigenvalue weighted by atomic mass is 16.2. The van der Waals surface area contributed by atoms with E-state index in [1.807, 2.05) is 47.2 Å². The fourth-order valence-corrected chi connectivity index (χ4v) is 4.34. The predicted molar refractivity (Wildman–Crippen MR) is 124 cm³/mol. The number of amides is 3. The number of nitrogens with one attached hydrogen (secondary N) is 3. The number of rotatable bonds is 5. The van der Waals surface area contributed by atoms with E-state index in [1.54, 1.807) is 12.3 Å². The second-order valence-corrected chi connectivity index (χ2v) is 7.72. The Balaban J connectivity index is 1.77. The Morgan fingerprint density at radius 2 is 1.78 bits per heavy atom. The summed E-state index contributed by atoms with van der Waals surface area (Å²) in [6.07, 6.45) is 3.60. The standard InChI is InChI=1S/C24H21N5O3/c1-13(30)27-14-6-7-16-18(12-29(9-8-25)20(16)10-14)22-21(23(31)28-24(22)32)17-11-26-19-5-3-2-4-15(17)19/h2-7,10-12,26H,8-9,25H2,1H3,(H,27,30)(H,28,31,32). The molecule has 0 aliphatic carbocycles. The van der Waals surface area contributed by atoms with Crippen molar-refractivity contribution < 1.29 is 14.4 Å². The van der Waals surface area contributed by atoms with Crippen molar-refractivity contribution in [1.29, 1.82) is 0 Å². The van der Waals surface area contributed by atoms with E-state index >= 15 is 0 Å². The van der Waals surface area contributed by atoms with E-state index in [9.17, 15) is 14.4 Å². The maximum atomic E-state index is 13.0. The minimum absolute atomic E-state index is 0.174. The maximum absolute atomic E-state index is 13.0. The van der Waals surface area contributed by atoms with Crippen LogP contribution in [0.25, 0.3) is 33.0 Å². The number of para-hydroxylation sites is 1. The van der Waals surface area contributed by atoms with Crippen LogP contribution in [0.4, 0.5) is 5.69 Å². The molecule has 0 radical (unpaired) electrons. The molecule has 32 heavy (non-hydrogen) atoms. The zero-order valence-electron chi connectivity index (χ0n) is 17.4. The van der Waals surface area contributed by atoms with Gasteiger partial charge in [0.05, 0.1) is 16.7 Å². The number of H-pyrrole nitrogens is 1. The first kappa shape index (κ1) is 19.8. The molecule has 0 fully saturated rings. The molecule has 2 aromatic heterocycles. The third-order valence-corrected chi connectivity index (χ3v) is 5.63. The van der Waals surface area contributed by atoms with Gasteiger partial charge in [0.2, 0.25) is 5.91 Å². The Labute approximate surface area is 183 Å². The summed E-state index contributed by atoms with van der Waals surface area (Å²) in [6.45, 7) is 2.36. The number of fused-ring (bicyclic) bond motifs is 2. The summed E-state index contributed by atoms with van der Waals surface area (Å²) in [4.78, 5) is 40.5. The van der Waals surface area contributed by atoms with Gasteiger partial charge in [-0.25, -0.2) is 0 Å². The third-order valence-electron chi connectivity index (χ3n) is 5.63. The van der Waals surface area contributed by atoms with Gasteiger partial charge in [-0.1, -0.05) is 24.3 Å². The molecule has 5 rings (SSSR count). The number of aromatic nitrogens is 2. The van der Waals surface area contributed by atoms with E-state index in [1.165, 1.54) is 6.92 Å². The third kappa shape index (κ3) is 3.09. The Kier molecular flexibility index (Phi) is 4.64. The molecule has 8 nitrogen and oxygen atoms in total. The lowest BCUT2D eigenvalue weighted by Crippen LogP contribution is -2.22. The van der Waals surface area contributed by atoms with Crippen molar-refractivity contribution in [3.05, 3.63) is 66.0 Å². The van der Waals surface area contributed by atoms with Gasteiger partial charge >= 0.3 is 0 Å². The number of hydrogen-bond donors (Lipinski definition) is 4. The SMILES string of the molecule is CC(=O)Nc1ccc2c(C3=C(c4c[nH]c5ccccc45)C(=O)NC3=O)cn(CCN)c2c1. The Bertz CT molecular complexity index is 1460. The molecule has 0 atom stereocenters. The molecule has 0 bridgehead atoms. The smallest absolute Gasteiger partial charge is 0.259 e. The molecule has 8 heteroatoms. The first-order chi connectivity index (χ1) is 15.5. The quantitative estimate of drug-likeness (QED) is 0.366. The lowest BCUT2D eigenvalue weighted by Gasteiger charge is -2.06. The van der Waals surface area contributed by atoms with E-state index < -0.39 is 11.8 Å². The van der Waals surface area contributed by atoms with Gasteiger partial charge < -0.3 is 20.6 Å². The molecule has 1 aliphatic rings. The van der Waals surface area contributed by atoms with Crippen LogP contribution in [0, 0.1) is 0 Å². The van der Waals surface area contributed by atoms with Crippen LogP contribution in [-0.2, 0) is 20.9 Å². The number of imide groups is 1. The van der Waals surface area contributed by atoms with Crippen molar-refractivity contribution in [1.82, 2.24) is 14.9 Å². The lowest BCUT2D eigenvalue weighted by molar-refractivity contribution is -0.123. The van der Waals surface area contributed by atoms with Gasteiger partial charge in [0.15, 0.2) is 0 Å². The van der Waals surface area contributed by atoms with E-state index in [4.69, 9.17) is 5.73 Å². The number of hydrogen-bond acceptors (Lipinski definition) is 4. The van der Waals surface area contributed by atoms with E-state index in [2.05, 4.69) is 15.6 Å². The molecule has 160 valence electrons. The molecule has 0 spiro atoms. The van der Waals surface area contributed by atoms with Crippen molar-refractivity contribution in [2.45, 2.75) is 13.5 Å². The Morgan fingerprint density at radius 3 is 2.53 bits per heavy atom. The summed E-state index contributed by atoms with van der Waals surface area (Å²) < 4.78 is 1.94. The molecule has 1 aliphatic heterocycles. The number of anilines is 1. The Hall–Kier alpha value is -4.17. The molecule has 4 aromatic rings. The molecule has 0 saturated heterocycles. The topological polar surface area (TPSA) is 122 Å². The largest absolute Gasteiger partial charge is 0.361 e. The first-order valence-electron chi connectivity index (χ1n) is 10.3. The zero-order chi connectivity index (χ0) is 22.4. The number of aromatic amines is 1. The summed E-state index contributed by atoms with van der Waals surface area (Å²) in [5.74, 6) is -1.04. The van der Waals surface area contributed by atoms with Crippen molar-refractivity contribution in [2.75, 3.05) is 11.9 Å². The predicted octanol–water partition coefficient (Wildman–Crippen LogP) is 2.61. The summed E-state index contributed by atoms with van der Waals surface area (Å²) in [7, 11) is 0. The fourth-order valence-electron chi connectivity index (χ4n) is 4.34. The van der Waals surface area contributed by atoms with Gasteiger partial charge in [0.1, 0.15) is 0 Å². The number of carbonyl (C=O) groups excluding carboxylic acids is 3. The average Bonchev–Trinajstić information content (AvgIpc) is 3.41. The van der Waals surface area contributed by atoms with Crippen LogP contribution in [0.5, 0.6) is 0 Å². The lowest BCUT2D eigenvalue weighted by atomic mass is 9.95. The number of benzene rings is 2. The van der Waals surface area contributed by atoms with Gasteiger partial charge in [0, 0.05) is 65.5 Å². The van der Waals surface area contributed by atoms with Crippen LogP contribution in [0.3, 0.4) is 0 Å². The Morgan fingerprint density at radius 1 is 1.03 bits per heavy atom. The second-order valence-electron chi connectivity index (χ2n) is 7.72. The molecule has 0 saturated carbocycles. The highest BCUT2D eigenvalue weighted by Crippen LogP contribution is 2.38. The molecule has 5 N–H and O–H groups in total. The summed E-state index contributed by atoms with van der Waals surface area (Å²) in [6, 6.07) is 13.1. The molecule has 2 aromatic carbocycles. The van der Waals surface area contributed by atoms with Crippen molar-refractivity contribution >= 4 is 56.4 Å². The van der Waals surface area contributed by atoms with Gasteiger partial charge in [-0.05, 0) is 18.2 Å². The summed E-state index contributed by atoms with van der Waals surface area (Å²) >= 11 is 0. The molecule has 3 heterocycles. The van der Waals surface area contributed by atoms with Crippen LogP contribution >= 0.6 is 0 Å². The van der Waals surface area contributed by atoms with Crippen LogP contribution in [-0.4, -0.2) is 33.8 Å². The summed E-state index contributed by atoms with van der Waals surface area (Å²) in [5, 5.41) is 6.89. The highest BCUT2D eigenvalue weighted by Gasteiger charge is 2.35. The van der Waals surface area contributed by atoms with E-state index in [-0.39, 0.29) is 5.91 Å². The molecule has 0 unspecified atom stereocenters. The normalized spacial score (nSPS) is 13.9. The van der Waals surface area contributed by atoms with Gasteiger partial charge in [-0.15, -0.1) is 0 Å². The van der Waals surface area contributed by atoms with Crippen LogP contribution in [0.15, 0.2) is 54.9 Å². The van der Waals surface area contributed by atoms with E-state index in [0.29, 0.717) is 41.1 Å². The van der Waals surface area contributed by atoms with Gasteiger partial charge in [-0.2, -0.15) is 0 Å². The molecular weight excluding hydrogens is 406 g/mol. The number of nitrogens with two attached hydrogens (primary N) is 1. The summed E-state index contributed by atoms with van der Waals surface area (Å²) in [5.41, 5.74) is 10.1. The van der Waals surface area contributed by atoms with Crippen molar-refractivity contribution in [3.63, 3.8) is 0 Å². The number of carbonyl (C=O) groups is 3. The molecule has 3 amide bonds. The van der Waals surface area contributed by atoms with Gasteiger partial charge in [0.25, 0.3) is 11.8 Å². The van der Waals surface area contributed by atoms with Crippen molar-refractivity contribution in [2.24, 2.45) is 5.73 Å². The van der Waals surface area contributed by atoms with Gasteiger partial charge in [-0.3, -0.25) is 19.7 Å². The van der Waals surface area contributed by atoms with Crippen LogP contribution < -0.4 is 16.4 Å². The monoisotopic (exact) mass is 427 g/mol. The second kappa shape index (κ2) is 7.51. The zero-order valence-corrected chi connectivity index (χ0v) is 17.4. The van der Waals surface area contributed by atoms with Crippen molar-refractivity contribution in [3.8, 4) is 0 Å². The fraction of sp³-hybridized carbons (Fsp3) is 0.125. The first-order valence-corrected chi connectivity index (χ1v) is 10.3. The number of nitrogens with zero attached hydrogens (tertiary/aromatic N) is 1. The maximum Gasteiger partial charge on any atom is 0.259 e. The average molecular weight is 427 g/mol. The minimum Gasteiger partial charge on any atom is -0.361 e. The molecular formula is C24H21N5O3. The van der Waals surface area contributed by atoms with E-state index in [0.717, 1.165) is 21.8 Å².